The molecule has 1 fully saturated rings. The molecule has 1 aliphatic rings. The lowest BCUT2D eigenvalue weighted by Crippen LogP contribution is -2.41. The van der Waals surface area contributed by atoms with E-state index in [0.717, 1.165) is 6.42 Å². The van der Waals surface area contributed by atoms with Gasteiger partial charge in [-0.3, -0.25) is 9.78 Å². The molecule has 1 unspecified atom stereocenters. The van der Waals surface area contributed by atoms with Gasteiger partial charge in [-0.1, -0.05) is 38.4 Å². The molecule has 114 valence electrons. The molecule has 1 aromatic heterocycles. The highest BCUT2D eigenvalue weighted by atomic mass is 32.1. The molecule has 1 atom stereocenters. The van der Waals surface area contributed by atoms with Crippen LogP contribution >= 0.6 is 12.2 Å². The third kappa shape index (κ3) is 4.24. The minimum Gasteiger partial charge on any atom is -0.389 e. The summed E-state index contributed by atoms with van der Waals surface area (Å²) in [5.74, 6) is 0.491. The molecule has 2 rings (SSSR count). The molecule has 0 saturated heterocycles. The average molecular weight is 305 g/mol. The van der Waals surface area contributed by atoms with Crippen molar-refractivity contribution >= 4 is 23.1 Å². The predicted octanol–water partition coefficient (Wildman–Crippen LogP) is 2.80. The van der Waals surface area contributed by atoms with Crippen molar-refractivity contribution in [2.45, 2.75) is 51.5 Å². The average Bonchev–Trinajstić information content (AvgIpc) is 2.53. The Morgan fingerprint density at radius 2 is 2.14 bits per heavy atom. The van der Waals surface area contributed by atoms with Crippen molar-refractivity contribution in [3.05, 3.63) is 29.6 Å². The van der Waals surface area contributed by atoms with Crippen molar-refractivity contribution in [3.8, 4) is 0 Å². The SMILES string of the molecule is CCC(NC(=O)c1ccc(C(N)=S)cn1)C1CCCCC1. The van der Waals surface area contributed by atoms with E-state index in [0.29, 0.717) is 22.2 Å². The van der Waals surface area contributed by atoms with Crippen LogP contribution in [0.5, 0.6) is 0 Å². The molecular weight excluding hydrogens is 282 g/mol. The number of hydrogen-bond acceptors (Lipinski definition) is 3. The number of rotatable bonds is 5. The van der Waals surface area contributed by atoms with Gasteiger partial charge in [0.15, 0.2) is 0 Å². The Morgan fingerprint density at radius 1 is 1.43 bits per heavy atom. The van der Waals surface area contributed by atoms with Crippen LogP contribution in [0.25, 0.3) is 0 Å². The Bertz CT molecular complexity index is 495. The fourth-order valence-corrected chi connectivity index (χ4v) is 3.13. The van der Waals surface area contributed by atoms with Gasteiger partial charge in [0.25, 0.3) is 5.91 Å². The molecule has 0 aliphatic heterocycles. The van der Waals surface area contributed by atoms with Gasteiger partial charge in [-0.05, 0) is 37.3 Å². The number of nitrogens with zero attached hydrogens (tertiary/aromatic N) is 1. The second kappa shape index (κ2) is 7.50. The smallest absolute Gasteiger partial charge is 0.270 e. The van der Waals surface area contributed by atoms with Crippen LogP contribution in [0.1, 0.15) is 61.5 Å². The molecule has 1 saturated carbocycles. The van der Waals surface area contributed by atoms with Gasteiger partial charge >= 0.3 is 0 Å². The number of nitrogens with one attached hydrogen (secondary N) is 1. The molecule has 21 heavy (non-hydrogen) atoms. The molecule has 3 N–H and O–H groups in total. The summed E-state index contributed by atoms with van der Waals surface area (Å²) in [7, 11) is 0. The van der Waals surface area contributed by atoms with E-state index in [1.165, 1.54) is 32.1 Å². The largest absolute Gasteiger partial charge is 0.389 e. The molecule has 0 radical (unpaired) electrons. The maximum absolute atomic E-state index is 12.3. The van der Waals surface area contributed by atoms with E-state index < -0.39 is 0 Å². The van der Waals surface area contributed by atoms with Gasteiger partial charge in [-0.15, -0.1) is 0 Å². The number of carbonyl (C=O) groups excluding carboxylic acids is 1. The highest BCUT2D eigenvalue weighted by Crippen LogP contribution is 2.27. The molecule has 1 aliphatic carbocycles. The van der Waals surface area contributed by atoms with E-state index >= 15 is 0 Å². The first kappa shape index (κ1) is 15.9. The summed E-state index contributed by atoms with van der Waals surface area (Å²) in [6.45, 7) is 2.13. The fraction of sp³-hybridized carbons (Fsp3) is 0.562. The molecule has 1 amide bonds. The number of amides is 1. The molecule has 0 spiro atoms. The third-order valence-electron chi connectivity index (χ3n) is 4.26. The van der Waals surface area contributed by atoms with Crippen LogP contribution in [-0.2, 0) is 0 Å². The number of carbonyl (C=O) groups is 1. The Morgan fingerprint density at radius 3 is 2.67 bits per heavy atom. The minimum absolute atomic E-state index is 0.109. The van der Waals surface area contributed by atoms with Gasteiger partial charge in [0.1, 0.15) is 10.7 Å². The van der Waals surface area contributed by atoms with Crippen molar-refractivity contribution in [1.29, 1.82) is 0 Å². The molecule has 1 aromatic rings. The number of nitrogens with two attached hydrogens (primary N) is 1. The first-order valence-electron chi connectivity index (χ1n) is 7.68. The molecular formula is C16H23N3OS. The summed E-state index contributed by atoms with van der Waals surface area (Å²) >= 11 is 4.88. The Kier molecular flexibility index (Phi) is 5.67. The van der Waals surface area contributed by atoms with Crippen LogP contribution in [0.15, 0.2) is 18.3 Å². The molecule has 1 heterocycles. The Balaban J connectivity index is 1.99. The van der Waals surface area contributed by atoms with E-state index in [2.05, 4.69) is 17.2 Å². The van der Waals surface area contributed by atoms with E-state index in [9.17, 15) is 4.79 Å². The van der Waals surface area contributed by atoms with Crippen LogP contribution in [0, 0.1) is 5.92 Å². The standard InChI is InChI=1S/C16H23N3OS/c1-2-13(11-6-4-3-5-7-11)19-16(20)14-9-8-12(10-18-14)15(17)21/h8-11,13H,2-7H2,1H3,(H2,17,21)(H,19,20). The van der Waals surface area contributed by atoms with Gasteiger partial charge in [-0.25, -0.2) is 0 Å². The third-order valence-corrected chi connectivity index (χ3v) is 4.49. The van der Waals surface area contributed by atoms with Crippen LogP contribution in [0.4, 0.5) is 0 Å². The first-order chi connectivity index (χ1) is 10.1. The topological polar surface area (TPSA) is 68.0 Å². The second-order valence-corrected chi connectivity index (χ2v) is 6.12. The quantitative estimate of drug-likeness (QED) is 0.821. The number of pyridine rings is 1. The molecule has 5 heteroatoms. The molecule has 0 aromatic carbocycles. The number of hydrogen-bond donors (Lipinski definition) is 2. The van der Waals surface area contributed by atoms with Crippen molar-refractivity contribution in [2.75, 3.05) is 0 Å². The van der Waals surface area contributed by atoms with Crippen LogP contribution in [0.3, 0.4) is 0 Å². The maximum Gasteiger partial charge on any atom is 0.270 e. The number of aromatic nitrogens is 1. The predicted molar refractivity (Wildman–Crippen MR) is 88.2 cm³/mol. The van der Waals surface area contributed by atoms with Gasteiger partial charge in [0.05, 0.1) is 0 Å². The Hall–Kier alpha value is -1.49. The summed E-state index contributed by atoms with van der Waals surface area (Å²) in [4.78, 5) is 16.7. The highest BCUT2D eigenvalue weighted by Gasteiger charge is 2.24. The van der Waals surface area contributed by atoms with Gasteiger partial charge < -0.3 is 11.1 Å². The van der Waals surface area contributed by atoms with Crippen LogP contribution in [0.2, 0.25) is 0 Å². The summed E-state index contributed by atoms with van der Waals surface area (Å²) in [5.41, 5.74) is 6.63. The summed E-state index contributed by atoms with van der Waals surface area (Å²) < 4.78 is 0. The normalized spacial score (nSPS) is 17.2. The monoisotopic (exact) mass is 305 g/mol. The minimum atomic E-state index is -0.109. The summed E-state index contributed by atoms with van der Waals surface area (Å²) in [5, 5.41) is 3.14. The maximum atomic E-state index is 12.3. The Labute approximate surface area is 131 Å². The van der Waals surface area contributed by atoms with Gasteiger partial charge in [-0.2, -0.15) is 0 Å². The number of thiocarbonyl (C=S) groups is 1. The van der Waals surface area contributed by atoms with Crippen LogP contribution in [-0.4, -0.2) is 21.9 Å². The highest BCUT2D eigenvalue weighted by molar-refractivity contribution is 7.80. The zero-order valence-electron chi connectivity index (χ0n) is 12.5. The van der Waals surface area contributed by atoms with Gasteiger partial charge in [0.2, 0.25) is 0 Å². The van der Waals surface area contributed by atoms with Crippen molar-refractivity contribution in [2.24, 2.45) is 11.7 Å². The van der Waals surface area contributed by atoms with Gasteiger partial charge in [0, 0.05) is 17.8 Å². The van der Waals surface area contributed by atoms with Crippen molar-refractivity contribution in [1.82, 2.24) is 10.3 Å². The zero-order chi connectivity index (χ0) is 15.2. The fourth-order valence-electron chi connectivity index (χ4n) is 3.01. The van der Waals surface area contributed by atoms with Crippen molar-refractivity contribution in [3.63, 3.8) is 0 Å². The van der Waals surface area contributed by atoms with E-state index in [1.54, 1.807) is 18.3 Å². The lowest BCUT2D eigenvalue weighted by atomic mass is 9.83. The zero-order valence-corrected chi connectivity index (χ0v) is 13.3. The molecule has 0 bridgehead atoms. The van der Waals surface area contributed by atoms with E-state index in [-0.39, 0.29) is 11.9 Å². The van der Waals surface area contributed by atoms with Crippen LogP contribution < -0.4 is 11.1 Å². The summed E-state index contributed by atoms with van der Waals surface area (Å²) in [6, 6.07) is 3.67. The summed E-state index contributed by atoms with van der Waals surface area (Å²) in [6.07, 6.45) is 8.82. The van der Waals surface area contributed by atoms with E-state index in [1.807, 2.05) is 0 Å². The van der Waals surface area contributed by atoms with Crippen molar-refractivity contribution < 1.29 is 4.79 Å². The lowest BCUT2D eigenvalue weighted by molar-refractivity contribution is 0.0906. The van der Waals surface area contributed by atoms with E-state index in [4.69, 9.17) is 18.0 Å². The first-order valence-corrected chi connectivity index (χ1v) is 8.09. The lowest BCUT2D eigenvalue weighted by Gasteiger charge is -2.30. The second-order valence-electron chi connectivity index (χ2n) is 5.68. The molecule has 4 nitrogen and oxygen atoms in total.